The molecule has 0 aliphatic carbocycles. The van der Waals surface area contributed by atoms with Crippen molar-refractivity contribution >= 4 is 6.29 Å². The van der Waals surface area contributed by atoms with Crippen molar-refractivity contribution in [3.8, 4) is 0 Å². The molecule has 82 valence electrons. The van der Waals surface area contributed by atoms with Crippen molar-refractivity contribution < 1.29 is 14.6 Å². The van der Waals surface area contributed by atoms with Crippen LogP contribution in [0.3, 0.4) is 0 Å². The highest BCUT2D eigenvalue weighted by Crippen LogP contribution is 2.23. The molecule has 14 heavy (non-hydrogen) atoms. The van der Waals surface area contributed by atoms with Gasteiger partial charge in [-0.25, -0.2) is 0 Å². The Bertz CT molecular complexity index is 197. The highest BCUT2D eigenvalue weighted by Gasteiger charge is 2.21. The molecule has 0 saturated carbocycles. The number of aldehydes is 1. The second-order valence-corrected chi connectivity index (χ2v) is 3.86. The summed E-state index contributed by atoms with van der Waals surface area (Å²) in [6.45, 7) is 7.33. The van der Waals surface area contributed by atoms with Gasteiger partial charge < -0.3 is 14.6 Å². The number of allylic oxidation sites excluding steroid dienone is 1. The van der Waals surface area contributed by atoms with Crippen molar-refractivity contribution in [1.29, 1.82) is 0 Å². The third-order valence-corrected chi connectivity index (χ3v) is 2.47. The topological polar surface area (TPSA) is 46.5 Å². The van der Waals surface area contributed by atoms with Gasteiger partial charge in [0.05, 0.1) is 0 Å². The van der Waals surface area contributed by atoms with Crippen molar-refractivity contribution in [3.63, 3.8) is 0 Å². The molecule has 0 saturated heterocycles. The molecule has 3 heteroatoms. The molecule has 0 aliphatic rings. The number of hydrogen-bond donors (Lipinski definition) is 1. The molecule has 0 radical (unpaired) electrons. The lowest BCUT2D eigenvalue weighted by molar-refractivity contribution is -0.176. The van der Waals surface area contributed by atoms with Gasteiger partial charge in [-0.1, -0.05) is 12.2 Å². The van der Waals surface area contributed by atoms with Crippen LogP contribution in [0.15, 0.2) is 12.2 Å². The molecule has 0 aliphatic heterocycles. The largest absolute Gasteiger partial charge is 0.366 e. The molecule has 0 heterocycles. The number of methoxy groups -OCH3 is 1. The van der Waals surface area contributed by atoms with Crippen LogP contribution >= 0.6 is 0 Å². The van der Waals surface area contributed by atoms with Gasteiger partial charge in [0.2, 0.25) is 0 Å². The van der Waals surface area contributed by atoms with Crippen LogP contribution in [-0.2, 0) is 9.53 Å². The van der Waals surface area contributed by atoms with Gasteiger partial charge in [0.25, 0.3) is 0 Å². The number of rotatable bonds is 7. The Kier molecular flexibility index (Phi) is 5.65. The van der Waals surface area contributed by atoms with Crippen LogP contribution < -0.4 is 0 Å². The van der Waals surface area contributed by atoms with Gasteiger partial charge in [-0.2, -0.15) is 0 Å². The summed E-state index contributed by atoms with van der Waals surface area (Å²) in [5.41, 5.74) is 0.976. The molecule has 0 bridgehead atoms. The maximum absolute atomic E-state index is 10.4. The molecule has 0 spiro atoms. The molecule has 0 aromatic rings. The van der Waals surface area contributed by atoms with Crippen LogP contribution in [-0.4, -0.2) is 24.3 Å². The standard InChI is InChI=1S/C11H20O3/c1-9(2)10(6-8-12)5-7-11(3,13)14-4/h8,10,13H,1,5-7H2,2-4H3/t10-,11+/m0/s1. The lowest BCUT2D eigenvalue weighted by atomic mass is 9.92. The van der Waals surface area contributed by atoms with Crippen LogP contribution in [0.5, 0.6) is 0 Å². The molecular weight excluding hydrogens is 180 g/mol. The summed E-state index contributed by atoms with van der Waals surface area (Å²) in [6, 6.07) is 0. The van der Waals surface area contributed by atoms with E-state index in [2.05, 4.69) is 6.58 Å². The smallest absolute Gasteiger partial charge is 0.162 e. The predicted octanol–water partition coefficient (Wildman–Crippen LogP) is 1.90. The zero-order chi connectivity index (χ0) is 11.2. The van der Waals surface area contributed by atoms with Crippen LogP contribution in [0.1, 0.15) is 33.1 Å². The Morgan fingerprint density at radius 1 is 1.71 bits per heavy atom. The first-order chi connectivity index (χ1) is 6.43. The Hall–Kier alpha value is -0.670. The van der Waals surface area contributed by atoms with Gasteiger partial charge in [0.15, 0.2) is 5.79 Å². The lowest BCUT2D eigenvalue weighted by Crippen LogP contribution is -2.27. The van der Waals surface area contributed by atoms with Crippen LogP contribution in [0, 0.1) is 5.92 Å². The van der Waals surface area contributed by atoms with E-state index in [1.165, 1.54) is 7.11 Å². The van der Waals surface area contributed by atoms with Gasteiger partial charge in [-0.3, -0.25) is 0 Å². The van der Waals surface area contributed by atoms with E-state index in [4.69, 9.17) is 4.74 Å². The first-order valence-electron chi connectivity index (χ1n) is 4.79. The first kappa shape index (κ1) is 13.3. The molecule has 0 aromatic heterocycles. The summed E-state index contributed by atoms with van der Waals surface area (Å²) in [5, 5.41) is 9.58. The zero-order valence-electron chi connectivity index (χ0n) is 9.25. The van der Waals surface area contributed by atoms with Crippen molar-refractivity contribution in [3.05, 3.63) is 12.2 Å². The second-order valence-electron chi connectivity index (χ2n) is 3.86. The molecule has 0 unspecified atom stereocenters. The highest BCUT2D eigenvalue weighted by molar-refractivity contribution is 5.50. The lowest BCUT2D eigenvalue weighted by Gasteiger charge is -2.24. The minimum Gasteiger partial charge on any atom is -0.366 e. The van der Waals surface area contributed by atoms with Gasteiger partial charge in [0, 0.05) is 20.0 Å². The van der Waals surface area contributed by atoms with Crippen molar-refractivity contribution in [1.82, 2.24) is 0 Å². The Morgan fingerprint density at radius 3 is 2.64 bits per heavy atom. The molecular formula is C11H20O3. The van der Waals surface area contributed by atoms with Gasteiger partial charge >= 0.3 is 0 Å². The van der Waals surface area contributed by atoms with Gasteiger partial charge in [-0.15, -0.1) is 0 Å². The third-order valence-electron chi connectivity index (χ3n) is 2.47. The Labute approximate surface area is 85.8 Å². The van der Waals surface area contributed by atoms with Crippen molar-refractivity contribution in [2.45, 2.75) is 38.9 Å². The SMILES string of the molecule is C=C(C)[C@H](CC=O)CC[C@](C)(O)OC. The summed E-state index contributed by atoms with van der Waals surface area (Å²) in [7, 11) is 1.47. The molecule has 0 rings (SSSR count). The summed E-state index contributed by atoms with van der Waals surface area (Å²) in [5.74, 6) is -0.953. The van der Waals surface area contributed by atoms with E-state index < -0.39 is 5.79 Å². The van der Waals surface area contributed by atoms with E-state index in [1.807, 2.05) is 6.92 Å². The first-order valence-corrected chi connectivity index (χ1v) is 4.79. The second kappa shape index (κ2) is 5.94. The van der Waals surface area contributed by atoms with Crippen molar-refractivity contribution in [2.75, 3.05) is 7.11 Å². The monoisotopic (exact) mass is 200 g/mol. The Morgan fingerprint density at radius 2 is 2.29 bits per heavy atom. The normalized spacial score (nSPS) is 17.1. The van der Waals surface area contributed by atoms with Crippen molar-refractivity contribution in [2.24, 2.45) is 5.92 Å². The predicted molar refractivity (Wildman–Crippen MR) is 55.9 cm³/mol. The average Bonchev–Trinajstić information content (AvgIpc) is 2.12. The average molecular weight is 200 g/mol. The summed E-state index contributed by atoms with van der Waals surface area (Å²) >= 11 is 0. The van der Waals surface area contributed by atoms with E-state index in [0.29, 0.717) is 12.8 Å². The summed E-state index contributed by atoms with van der Waals surface area (Å²) in [4.78, 5) is 10.4. The number of carbonyl (C=O) groups is 1. The molecule has 0 amide bonds. The number of hydrogen-bond acceptors (Lipinski definition) is 3. The van der Waals surface area contributed by atoms with Crippen LogP contribution in [0.4, 0.5) is 0 Å². The summed E-state index contributed by atoms with van der Waals surface area (Å²) < 4.78 is 4.88. The Balaban J connectivity index is 4.05. The number of carbonyl (C=O) groups excluding carboxylic acids is 1. The van der Waals surface area contributed by atoms with Crippen LogP contribution in [0.2, 0.25) is 0 Å². The van der Waals surface area contributed by atoms with E-state index in [0.717, 1.165) is 18.3 Å². The minimum absolute atomic E-state index is 0.147. The number of ether oxygens (including phenoxy) is 1. The summed E-state index contributed by atoms with van der Waals surface area (Å²) in [6.07, 6.45) is 2.58. The van der Waals surface area contributed by atoms with E-state index >= 15 is 0 Å². The molecule has 0 fully saturated rings. The molecule has 0 aromatic carbocycles. The van der Waals surface area contributed by atoms with Crippen LogP contribution in [0.25, 0.3) is 0 Å². The quantitative estimate of drug-likeness (QED) is 0.388. The van der Waals surface area contributed by atoms with E-state index in [9.17, 15) is 9.90 Å². The van der Waals surface area contributed by atoms with Gasteiger partial charge in [0.1, 0.15) is 6.29 Å². The fraction of sp³-hybridized carbons (Fsp3) is 0.727. The molecule has 1 N–H and O–H groups in total. The molecule has 3 nitrogen and oxygen atoms in total. The minimum atomic E-state index is -1.10. The maximum Gasteiger partial charge on any atom is 0.162 e. The third kappa shape index (κ3) is 5.14. The molecule has 2 atom stereocenters. The zero-order valence-corrected chi connectivity index (χ0v) is 9.25. The van der Waals surface area contributed by atoms with E-state index in [1.54, 1.807) is 6.92 Å². The van der Waals surface area contributed by atoms with E-state index in [-0.39, 0.29) is 5.92 Å². The number of aliphatic hydroxyl groups is 1. The fourth-order valence-electron chi connectivity index (χ4n) is 1.23. The van der Waals surface area contributed by atoms with Gasteiger partial charge in [-0.05, 0) is 26.2 Å². The highest BCUT2D eigenvalue weighted by atomic mass is 16.6. The maximum atomic E-state index is 10.4. The fourth-order valence-corrected chi connectivity index (χ4v) is 1.23.